The molecule has 0 atom stereocenters. The monoisotopic (exact) mass is 335 g/mol. The van der Waals surface area contributed by atoms with E-state index in [1.54, 1.807) is 0 Å². The molecule has 2 nitrogen and oxygen atoms in total. The Balaban J connectivity index is 1.72. The van der Waals surface area contributed by atoms with Gasteiger partial charge in [0.15, 0.2) is 9.84 Å². The van der Waals surface area contributed by atoms with Crippen LogP contribution in [0.1, 0.15) is 22.3 Å². The lowest BCUT2D eigenvalue weighted by molar-refractivity contribution is 0.594. The van der Waals surface area contributed by atoms with E-state index < -0.39 is 9.84 Å². The summed E-state index contributed by atoms with van der Waals surface area (Å²) in [4.78, 5) is 0. The Morgan fingerprint density at radius 1 is 0.708 bits per heavy atom. The van der Waals surface area contributed by atoms with Crippen LogP contribution in [0.3, 0.4) is 0 Å². The third-order valence-corrected chi connectivity index (χ3v) is 5.31. The zero-order valence-corrected chi connectivity index (χ0v) is 14.2. The Hall–Kier alpha value is -2.39. The molecule has 0 heterocycles. The molecule has 0 spiro atoms. The maximum Gasteiger partial charge on any atom is 0.158 e. The fourth-order valence-electron chi connectivity index (χ4n) is 2.71. The molecule has 3 aromatic rings. The molecule has 121 valence electrons. The van der Waals surface area contributed by atoms with Crippen molar-refractivity contribution in [2.75, 3.05) is 0 Å². The van der Waals surface area contributed by atoms with Gasteiger partial charge in [0.05, 0.1) is 11.5 Å². The summed E-state index contributed by atoms with van der Waals surface area (Å²) in [5, 5.41) is 0. The van der Waals surface area contributed by atoms with E-state index in [9.17, 15) is 8.42 Å². The van der Waals surface area contributed by atoms with Crippen LogP contribution in [0.15, 0.2) is 78.9 Å². The van der Waals surface area contributed by atoms with Gasteiger partial charge >= 0.3 is 0 Å². The molecule has 0 aromatic heterocycles. The first-order chi connectivity index (χ1) is 11.6. The van der Waals surface area contributed by atoms with Crippen LogP contribution >= 0.6 is 0 Å². The second-order valence-corrected chi connectivity index (χ2v) is 7.97. The molecule has 0 N–H and O–H groups in total. The molecule has 3 heteroatoms. The average molecular weight is 335 g/mol. The lowest BCUT2D eigenvalue weighted by Crippen LogP contribution is -2.08. The molecule has 0 fully saturated rings. The molecule has 0 aliphatic carbocycles. The largest absolute Gasteiger partial charge is 0.228 e. The van der Waals surface area contributed by atoms with E-state index in [2.05, 4.69) is 18.2 Å². The Bertz CT molecular complexity index is 885. The van der Waals surface area contributed by atoms with Gasteiger partial charge < -0.3 is 0 Å². The number of sulfone groups is 1. The van der Waals surface area contributed by atoms with Crippen molar-refractivity contribution in [3.8, 4) is 0 Å². The third-order valence-electron chi connectivity index (χ3n) is 3.78. The fourth-order valence-corrected chi connectivity index (χ4v) is 4.15. The topological polar surface area (TPSA) is 34.1 Å². The normalized spacial score (nSPS) is 11.3. The summed E-state index contributed by atoms with van der Waals surface area (Å²) in [6.45, 7) is 0. The second-order valence-electron chi connectivity index (χ2n) is 5.90. The van der Waals surface area contributed by atoms with E-state index in [-0.39, 0.29) is 11.5 Å². The van der Waals surface area contributed by atoms with Crippen LogP contribution in [0.5, 0.6) is 0 Å². The van der Waals surface area contributed by atoms with Crippen LogP contribution in [-0.4, -0.2) is 8.42 Å². The first-order valence-corrected chi connectivity index (χ1v) is 9.71. The lowest BCUT2D eigenvalue weighted by atomic mass is 10.0. The number of hydrogen-bond donors (Lipinski definition) is 0. The van der Waals surface area contributed by atoms with Gasteiger partial charge in [0.1, 0.15) is 0 Å². The van der Waals surface area contributed by atoms with Crippen molar-refractivity contribution < 1.29 is 8.42 Å². The number of rotatable bonds is 6. The zero-order valence-electron chi connectivity index (χ0n) is 13.4. The number of benzene rings is 3. The van der Waals surface area contributed by atoms with Crippen LogP contribution in [0, 0.1) is 6.07 Å². The van der Waals surface area contributed by atoms with Gasteiger partial charge in [-0.3, -0.25) is 0 Å². The number of hydrogen-bond acceptors (Lipinski definition) is 2. The standard InChI is InChI=1S/C21H19O2S/c22-24(23,16-19-10-5-2-6-11-19)17-21-13-7-12-20(15-21)14-18-8-3-1-4-9-18/h1-12,15H,14,16-17H2. The first-order valence-electron chi connectivity index (χ1n) is 7.88. The van der Waals surface area contributed by atoms with E-state index in [4.69, 9.17) is 0 Å². The second kappa shape index (κ2) is 7.45. The van der Waals surface area contributed by atoms with Gasteiger partial charge in [-0.15, -0.1) is 0 Å². The summed E-state index contributed by atoms with van der Waals surface area (Å²) in [6.07, 6.45) is 0.793. The van der Waals surface area contributed by atoms with Crippen LogP contribution in [0.25, 0.3) is 0 Å². The van der Waals surface area contributed by atoms with Crippen molar-refractivity contribution in [2.45, 2.75) is 17.9 Å². The molecule has 24 heavy (non-hydrogen) atoms. The predicted octanol–water partition coefficient (Wildman–Crippen LogP) is 4.19. The minimum atomic E-state index is -3.21. The SMILES string of the molecule is O=S(=O)(Cc1[c]ccc(Cc2ccccc2)c1)Cc1ccccc1. The molecule has 0 bridgehead atoms. The summed E-state index contributed by atoms with van der Waals surface area (Å²) >= 11 is 0. The van der Waals surface area contributed by atoms with Crippen LogP contribution in [-0.2, 0) is 27.8 Å². The highest BCUT2D eigenvalue weighted by Gasteiger charge is 2.13. The molecule has 3 rings (SSSR count). The van der Waals surface area contributed by atoms with Crippen molar-refractivity contribution in [3.63, 3.8) is 0 Å². The third kappa shape index (κ3) is 4.80. The Morgan fingerprint density at radius 2 is 1.33 bits per heavy atom. The van der Waals surface area contributed by atoms with Crippen molar-refractivity contribution in [1.29, 1.82) is 0 Å². The van der Waals surface area contributed by atoms with Crippen molar-refractivity contribution >= 4 is 9.84 Å². The molecular formula is C21H19O2S. The molecule has 0 aliphatic rings. The molecule has 0 saturated heterocycles. The van der Waals surface area contributed by atoms with Crippen LogP contribution in [0.2, 0.25) is 0 Å². The van der Waals surface area contributed by atoms with Gasteiger partial charge in [-0.05, 0) is 34.7 Å². The van der Waals surface area contributed by atoms with E-state index in [0.29, 0.717) is 0 Å². The van der Waals surface area contributed by atoms with Crippen LogP contribution < -0.4 is 0 Å². The van der Waals surface area contributed by atoms with Gasteiger partial charge in [-0.1, -0.05) is 78.9 Å². The molecule has 3 aromatic carbocycles. The van der Waals surface area contributed by atoms with Crippen molar-refractivity contribution in [1.82, 2.24) is 0 Å². The Labute approximate surface area is 143 Å². The maximum atomic E-state index is 12.4. The summed E-state index contributed by atoms with van der Waals surface area (Å²) in [7, 11) is -3.21. The predicted molar refractivity (Wildman–Crippen MR) is 97.3 cm³/mol. The van der Waals surface area contributed by atoms with Crippen LogP contribution in [0.4, 0.5) is 0 Å². The van der Waals surface area contributed by atoms with Gasteiger partial charge in [0.25, 0.3) is 0 Å². The minimum absolute atomic E-state index is 0.0184. The molecule has 1 radical (unpaired) electrons. The Kier molecular flexibility index (Phi) is 5.11. The van der Waals surface area contributed by atoms with Crippen molar-refractivity contribution in [2.24, 2.45) is 0 Å². The van der Waals surface area contributed by atoms with E-state index in [1.165, 1.54) is 5.56 Å². The molecule has 0 unspecified atom stereocenters. The average Bonchev–Trinajstić information content (AvgIpc) is 2.56. The summed E-state index contributed by atoms with van der Waals surface area (Å²) < 4.78 is 24.8. The highest BCUT2D eigenvalue weighted by atomic mass is 32.2. The van der Waals surface area contributed by atoms with E-state index in [0.717, 1.165) is 23.1 Å². The van der Waals surface area contributed by atoms with E-state index >= 15 is 0 Å². The quantitative estimate of drug-likeness (QED) is 0.677. The molecule has 0 amide bonds. The minimum Gasteiger partial charge on any atom is -0.228 e. The first kappa shape index (κ1) is 16.5. The molecule has 0 saturated carbocycles. The fraction of sp³-hybridized carbons (Fsp3) is 0.143. The van der Waals surface area contributed by atoms with E-state index in [1.807, 2.05) is 66.7 Å². The van der Waals surface area contributed by atoms with Gasteiger partial charge in [0.2, 0.25) is 0 Å². The zero-order chi connectivity index (χ0) is 16.8. The summed E-state index contributed by atoms with van der Waals surface area (Å²) in [5.74, 6) is 0.0785. The smallest absolute Gasteiger partial charge is 0.158 e. The Morgan fingerprint density at radius 3 is 2.00 bits per heavy atom. The highest BCUT2D eigenvalue weighted by Crippen LogP contribution is 2.15. The van der Waals surface area contributed by atoms with Crippen molar-refractivity contribution in [3.05, 3.63) is 107 Å². The van der Waals surface area contributed by atoms with Gasteiger partial charge in [-0.25, -0.2) is 8.42 Å². The van der Waals surface area contributed by atoms with Gasteiger partial charge in [0, 0.05) is 0 Å². The molecular weight excluding hydrogens is 316 g/mol. The summed E-state index contributed by atoms with van der Waals surface area (Å²) in [6, 6.07) is 28.2. The maximum absolute atomic E-state index is 12.4. The van der Waals surface area contributed by atoms with Gasteiger partial charge in [-0.2, -0.15) is 0 Å². The lowest BCUT2D eigenvalue weighted by Gasteiger charge is -2.07. The summed E-state index contributed by atoms with van der Waals surface area (Å²) in [5.41, 5.74) is 3.85. The highest BCUT2D eigenvalue weighted by molar-refractivity contribution is 7.89. The molecule has 0 aliphatic heterocycles.